The van der Waals surface area contributed by atoms with E-state index in [1.165, 1.54) is 0 Å². The lowest BCUT2D eigenvalue weighted by Crippen LogP contribution is -2.55. The van der Waals surface area contributed by atoms with Crippen LogP contribution in [-0.4, -0.2) is 57.5 Å². The van der Waals surface area contributed by atoms with Crippen LogP contribution in [0.1, 0.15) is 25.7 Å². The Labute approximate surface area is 125 Å². The predicted molar refractivity (Wildman–Crippen MR) is 74.9 cm³/mol. The number of carbonyl (C=O) groups excluding carboxylic acids is 1. The van der Waals surface area contributed by atoms with Gasteiger partial charge in [-0.25, -0.2) is 4.79 Å². The average Bonchev–Trinajstić information content (AvgIpc) is 2.38. The largest absolute Gasteiger partial charge is 0.481 e. The molecule has 0 aliphatic carbocycles. The fourth-order valence-electron chi connectivity index (χ4n) is 2.23. The molecule has 1 saturated heterocycles. The standard InChI is InChI=1S/C12H19BrN2O5/c13-5-2-1-3-10(16)14-9-7-15(12(19)20)6-4-8(9)11(17)18/h8-9H,1-7H2,(H,14,16)(H,17,18)(H,19,20). The number of hydrogen-bond acceptors (Lipinski definition) is 3. The highest BCUT2D eigenvalue weighted by Gasteiger charge is 2.36. The molecular formula is C12H19BrN2O5. The van der Waals surface area contributed by atoms with Crippen LogP contribution >= 0.6 is 15.9 Å². The Morgan fingerprint density at radius 3 is 2.50 bits per heavy atom. The van der Waals surface area contributed by atoms with Crippen LogP contribution in [0.5, 0.6) is 0 Å². The second-order valence-corrected chi connectivity index (χ2v) is 5.58. The maximum Gasteiger partial charge on any atom is 0.407 e. The minimum absolute atomic E-state index is 0.0243. The molecule has 3 N–H and O–H groups in total. The van der Waals surface area contributed by atoms with Gasteiger partial charge in [0.25, 0.3) is 0 Å². The third-order valence-corrected chi connectivity index (χ3v) is 3.90. The highest BCUT2D eigenvalue weighted by molar-refractivity contribution is 9.09. The summed E-state index contributed by atoms with van der Waals surface area (Å²) in [6.45, 7) is 0.207. The van der Waals surface area contributed by atoms with Gasteiger partial charge in [-0.2, -0.15) is 0 Å². The lowest BCUT2D eigenvalue weighted by atomic mass is 9.91. The van der Waals surface area contributed by atoms with E-state index in [2.05, 4.69) is 21.2 Å². The topological polar surface area (TPSA) is 107 Å². The Balaban J connectivity index is 2.57. The summed E-state index contributed by atoms with van der Waals surface area (Å²) in [6.07, 6.45) is 1.02. The Hall–Kier alpha value is -1.31. The second-order valence-electron chi connectivity index (χ2n) is 4.78. The van der Waals surface area contributed by atoms with E-state index >= 15 is 0 Å². The van der Waals surface area contributed by atoms with E-state index in [0.29, 0.717) is 12.8 Å². The van der Waals surface area contributed by atoms with Crippen LogP contribution in [0.2, 0.25) is 0 Å². The first-order valence-corrected chi connectivity index (χ1v) is 7.64. The normalized spacial score (nSPS) is 22.4. The van der Waals surface area contributed by atoms with Crippen LogP contribution < -0.4 is 5.32 Å². The second kappa shape index (κ2) is 8.08. The van der Waals surface area contributed by atoms with Crippen LogP contribution in [0.4, 0.5) is 4.79 Å². The molecule has 0 radical (unpaired) electrons. The monoisotopic (exact) mass is 350 g/mol. The first-order valence-electron chi connectivity index (χ1n) is 6.51. The fraction of sp³-hybridized carbons (Fsp3) is 0.750. The number of nitrogens with one attached hydrogen (secondary N) is 1. The summed E-state index contributed by atoms with van der Waals surface area (Å²) in [7, 11) is 0. The lowest BCUT2D eigenvalue weighted by molar-refractivity contribution is -0.144. The zero-order chi connectivity index (χ0) is 15.1. The number of piperidine rings is 1. The van der Waals surface area contributed by atoms with Gasteiger partial charge in [0.2, 0.25) is 5.91 Å². The Bertz CT molecular complexity index is 377. The van der Waals surface area contributed by atoms with Crippen molar-refractivity contribution in [1.29, 1.82) is 0 Å². The molecule has 1 heterocycles. The van der Waals surface area contributed by atoms with E-state index < -0.39 is 24.0 Å². The third kappa shape index (κ3) is 4.99. The van der Waals surface area contributed by atoms with Crippen LogP contribution in [0.25, 0.3) is 0 Å². The number of likely N-dealkylation sites (tertiary alicyclic amines) is 1. The maximum atomic E-state index is 11.7. The molecule has 1 fully saturated rings. The van der Waals surface area contributed by atoms with E-state index in [1.807, 2.05) is 0 Å². The molecule has 2 unspecified atom stereocenters. The molecule has 114 valence electrons. The molecule has 7 nitrogen and oxygen atoms in total. The summed E-state index contributed by atoms with van der Waals surface area (Å²) in [5, 5.41) is 21.6. The van der Waals surface area contributed by atoms with E-state index in [4.69, 9.17) is 10.2 Å². The molecule has 8 heteroatoms. The van der Waals surface area contributed by atoms with Crippen molar-refractivity contribution in [3.05, 3.63) is 0 Å². The molecule has 2 amide bonds. The van der Waals surface area contributed by atoms with E-state index in [-0.39, 0.29) is 25.4 Å². The van der Waals surface area contributed by atoms with Crippen LogP contribution in [0.3, 0.4) is 0 Å². The SMILES string of the molecule is O=C(CCCCBr)NC1CN(C(=O)O)CCC1C(=O)O. The Morgan fingerprint density at radius 2 is 1.95 bits per heavy atom. The number of carbonyl (C=O) groups is 3. The van der Waals surface area contributed by atoms with Gasteiger partial charge in [-0.1, -0.05) is 15.9 Å². The minimum Gasteiger partial charge on any atom is -0.481 e. The number of amides is 2. The molecule has 0 bridgehead atoms. The molecule has 2 atom stereocenters. The van der Waals surface area contributed by atoms with Crippen LogP contribution in [0, 0.1) is 5.92 Å². The summed E-state index contributed by atoms with van der Waals surface area (Å²) in [6, 6.07) is -0.658. The molecule has 1 aliphatic heterocycles. The van der Waals surface area contributed by atoms with E-state index in [0.717, 1.165) is 16.7 Å². The summed E-state index contributed by atoms with van der Waals surface area (Å²) >= 11 is 3.27. The van der Waals surface area contributed by atoms with Crippen molar-refractivity contribution >= 4 is 33.9 Å². The highest BCUT2D eigenvalue weighted by atomic mass is 79.9. The number of unbranched alkanes of at least 4 members (excludes halogenated alkanes) is 1. The number of nitrogens with zero attached hydrogens (tertiary/aromatic N) is 1. The van der Waals surface area contributed by atoms with Crippen molar-refractivity contribution in [2.24, 2.45) is 5.92 Å². The van der Waals surface area contributed by atoms with Crippen molar-refractivity contribution in [3.63, 3.8) is 0 Å². The van der Waals surface area contributed by atoms with Crippen LogP contribution in [0.15, 0.2) is 0 Å². The van der Waals surface area contributed by atoms with Gasteiger partial charge in [0, 0.05) is 24.8 Å². The van der Waals surface area contributed by atoms with E-state index in [9.17, 15) is 14.4 Å². The molecule has 0 aromatic carbocycles. The molecular weight excluding hydrogens is 332 g/mol. The van der Waals surface area contributed by atoms with Crippen molar-refractivity contribution < 1.29 is 24.6 Å². The Kier molecular flexibility index (Phi) is 6.77. The quantitative estimate of drug-likeness (QED) is 0.491. The summed E-state index contributed by atoms with van der Waals surface area (Å²) < 4.78 is 0. The molecule has 20 heavy (non-hydrogen) atoms. The molecule has 1 aliphatic rings. The molecule has 0 saturated carbocycles. The molecule has 1 rings (SSSR count). The van der Waals surface area contributed by atoms with Crippen LogP contribution in [-0.2, 0) is 9.59 Å². The number of alkyl halides is 1. The number of aliphatic carboxylic acids is 1. The highest BCUT2D eigenvalue weighted by Crippen LogP contribution is 2.18. The molecule has 0 aromatic heterocycles. The minimum atomic E-state index is -1.09. The number of rotatable bonds is 6. The van der Waals surface area contributed by atoms with Gasteiger partial charge in [-0.3, -0.25) is 9.59 Å². The first kappa shape index (κ1) is 16.7. The zero-order valence-corrected chi connectivity index (χ0v) is 12.6. The fourth-order valence-corrected chi connectivity index (χ4v) is 2.62. The van der Waals surface area contributed by atoms with Crippen molar-refractivity contribution in [3.8, 4) is 0 Å². The number of hydrogen-bond donors (Lipinski definition) is 3. The smallest absolute Gasteiger partial charge is 0.407 e. The number of carboxylic acids is 1. The van der Waals surface area contributed by atoms with Gasteiger partial charge >= 0.3 is 12.1 Å². The van der Waals surface area contributed by atoms with E-state index in [1.54, 1.807) is 0 Å². The average molecular weight is 351 g/mol. The molecule has 0 spiro atoms. The molecule has 0 aromatic rings. The van der Waals surface area contributed by atoms with Gasteiger partial charge in [0.1, 0.15) is 0 Å². The summed E-state index contributed by atoms with van der Waals surface area (Å²) in [5.74, 6) is -1.96. The van der Waals surface area contributed by atoms with Gasteiger partial charge in [-0.05, 0) is 19.3 Å². The summed E-state index contributed by atoms with van der Waals surface area (Å²) in [5.41, 5.74) is 0. The lowest BCUT2D eigenvalue weighted by Gasteiger charge is -2.35. The van der Waals surface area contributed by atoms with Gasteiger partial charge in [-0.15, -0.1) is 0 Å². The summed E-state index contributed by atoms with van der Waals surface area (Å²) in [4.78, 5) is 35.0. The predicted octanol–water partition coefficient (Wildman–Crippen LogP) is 1.12. The maximum absolute atomic E-state index is 11.7. The van der Waals surface area contributed by atoms with Crippen molar-refractivity contribution in [1.82, 2.24) is 10.2 Å². The van der Waals surface area contributed by atoms with Gasteiger partial charge in [0.15, 0.2) is 0 Å². The van der Waals surface area contributed by atoms with Gasteiger partial charge in [0.05, 0.1) is 12.0 Å². The Morgan fingerprint density at radius 1 is 1.25 bits per heavy atom. The van der Waals surface area contributed by atoms with Crippen molar-refractivity contribution in [2.45, 2.75) is 31.7 Å². The third-order valence-electron chi connectivity index (χ3n) is 3.33. The number of halogens is 1. The van der Waals surface area contributed by atoms with Crippen molar-refractivity contribution in [2.75, 3.05) is 18.4 Å². The first-order chi connectivity index (χ1) is 9.45. The zero-order valence-electron chi connectivity index (χ0n) is 11.0. The number of carboxylic acid groups (broad SMARTS) is 2. The van der Waals surface area contributed by atoms with Gasteiger partial charge < -0.3 is 20.4 Å².